The average Bonchev–Trinajstić information content (AvgIpc) is 2.39. The van der Waals surface area contributed by atoms with E-state index in [0.29, 0.717) is 12.5 Å². The number of likely N-dealkylation sites (tertiary alicyclic amines) is 1. The van der Waals surface area contributed by atoms with Gasteiger partial charge >= 0.3 is 5.97 Å². The van der Waals surface area contributed by atoms with Crippen LogP contribution in [0.2, 0.25) is 0 Å². The molecule has 2 heterocycles. The fourth-order valence-corrected chi connectivity index (χ4v) is 2.75. The molecule has 0 aromatic carbocycles. The predicted molar refractivity (Wildman–Crippen MR) is 76.6 cm³/mol. The van der Waals surface area contributed by atoms with Crippen LogP contribution in [0.1, 0.15) is 25.3 Å². The third-order valence-electron chi connectivity index (χ3n) is 3.77. The second-order valence-corrected chi connectivity index (χ2v) is 5.66. The van der Waals surface area contributed by atoms with Crippen LogP contribution in [-0.4, -0.2) is 52.6 Å². The fraction of sp³-hybridized carbons (Fsp3) is 0.643. The number of carbonyl (C=O) groups is 1. The molecule has 6 heteroatoms. The largest absolute Gasteiger partial charge is 0.480 e. The number of nitrogens with zero attached hydrogens (tertiary/aromatic N) is 4. The second-order valence-electron chi connectivity index (χ2n) is 5.66. The lowest BCUT2D eigenvalue weighted by molar-refractivity contribution is -0.147. The van der Waals surface area contributed by atoms with Gasteiger partial charge < -0.3 is 10.0 Å². The number of hydrogen-bond donors (Lipinski definition) is 1. The van der Waals surface area contributed by atoms with Gasteiger partial charge in [0.1, 0.15) is 6.04 Å². The molecule has 1 aliphatic heterocycles. The number of anilines is 1. The van der Waals surface area contributed by atoms with Gasteiger partial charge in [-0.25, -0.2) is 9.97 Å². The summed E-state index contributed by atoms with van der Waals surface area (Å²) in [5.74, 6) is 0.113. The maximum atomic E-state index is 11.4. The van der Waals surface area contributed by atoms with Crippen molar-refractivity contribution < 1.29 is 9.90 Å². The van der Waals surface area contributed by atoms with E-state index in [9.17, 15) is 9.90 Å². The van der Waals surface area contributed by atoms with Gasteiger partial charge in [-0.05, 0) is 25.3 Å². The van der Waals surface area contributed by atoms with Crippen LogP contribution in [0, 0.1) is 5.92 Å². The van der Waals surface area contributed by atoms with E-state index >= 15 is 0 Å². The minimum atomic E-state index is -0.733. The molecule has 1 aromatic heterocycles. The van der Waals surface area contributed by atoms with Crippen molar-refractivity contribution in [2.75, 3.05) is 25.5 Å². The number of aromatic nitrogens is 2. The first-order valence-electron chi connectivity index (χ1n) is 6.94. The van der Waals surface area contributed by atoms with Gasteiger partial charge in [-0.2, -0.15) is 0 Å². The van der Waals surface area contributed by atoms with Gasteiger partial charge in [0.25, 0.3) is 0 Å². The van der Waals surface area contributed by atoms with E-state index in [1.54, 1.807) is 12.4 Å². The molecule has 0 aliphatic carbocycles. The van der Waals surface area contributed by atoms with Crippen molar-refractivity contribution in [3.05, 3.63) is 18.0 Å². The van der Waals surface area contributed by atoms with Gasteiger partial charge in [-0.1, -0.05) is 6.92 Å². The molecular weight excluding hydrogens is 256 g/mol. The van der Waals surface area contributed by atoms with E-state index in [-0.39, 0.29) is 5.92 Å². The van der Waals surface area contributed by atoms with Crippen molar-refractivity contribution >= 4 is 11.9 Å². The highest BCUT2D eigenvalue weighted by Crippen LogP contribution is 2.25. The molecule has 1 fully saturated rings. The summed E-state index contributed by atoms with van der Waals surface area (Å²) in [5, 5.41) is 9.39. The summed E-state index contributed by atoms with van der Waals surface area (Å²) in [6.45, 7) is 3.42. The predicted octanol–water partition coefficient (Wildman–Crippen LogP) is 1.23. The maximum Gasteiger partial charge on any atom is 0.321 e. The van der Waals surface area contributed by atoms with Gasteiger partial charge in [-0.3, -0.25) is 9.69 Å². The normalized spacial score (nSPS) is 23.6. The highest BCUT2D eigenvalue weighted by Gasteiger charge is 2.34. The SMILES string of the molecule is CC1CCCN(Cc2cnc(N(C)C)nc2)C1C(=O)O. The minimum Gasteiger partial charge on any atom is -0.480 e. The smallest absolute Gasteiger partial charge is 0.321 e. The summed E-state index contributed by atoms with van der Waals surface area (Å²) in [6, 6.07) is -0.405. The molecule has 0 bridgehead atoms. The zero-order chi connectivity index (χ0) is 14.7. The molecule has 0 amide bonds. The lowest BCUT2D eigenvalue weighted by atomic mass is 9.90. The lowest BCUT2D eigenvalue weighted by Gasteiger charge is -2.37. The summed E-state index contributed by atoms with van der Waals surface area (Å²) in [6.07, 6.45) is 5.58. The number of rotatable bonds is 4. The van der Waals surface area contributed by atoms with Crippen molar-refractivity contribution in [2.24, 2.45) is 5.92 Å². The molecule has 1 aliphatic rings. The van der Waals surface area contributed by atoms with Crippen molar-refractivity contribution in [2.45, 2.75) is 32.4 Å². The van der Waals surface area contributed by atoms with Crippen molar-refractivity contribution in [1.82, 2.24) is 14.9 Å². The molecule has 0 saturated carbocycles. The first-order chi connectivity index (χ1) is 9.49. The number of hydrogen-bond acceptors (Lipinski definition) is 5. The van der Waals surface area contributed by atoms with Crippen LogP contribution in [0.3, 0.4) is 0 Å². The van der Waals surface area contributed by atoms with Crippen LogP contribution in [0.5, 0.6) is 0 Å². The van der Waals surface area contributed by atoms with Gasteiger partial charge in [0, 0.05) is 38.6 Å². The Hall–Kier alpha value is -1.69. The Morgan fingerprint density at radius 3 is 2.65 bits per heavy atom. The summed E-state index contributed by atoms with van der Waals surface area (Å²) in [4.78, 5) is 23.8. The Bertz CT molecular complexity index is 461. The maximum absolute atomic E-state index is 11.4. The molecule has 1 aromatic rings. The second kappa shape index (κ2) is 6.17. The monoisotopic (exact) mass is 278 g/mol. The highest BCUT2D eigenvalue weighted by molar-refractivity contribution is 5.74. The molecule has 1 saturated heterocycles. The highest BCUT2D eigenvalue weighted by atomic mass is 16.4. The minimum absolute atomic E-state index is 0.184. The van der Waals surface area contributed by atoms with Gasteiger partial charge in [0.05, 0.1) is 0 Å². The number of piperidine rings is 1. The Labute approximate surface area is 119 Å². The summed E-state index contributed by atoms with van der Waals surface area (Å²) >= 11 is 0. The van der Waals surface area contributed by atoms with Gasteiger partial charge in [0.15, 0.2) is 0 Å². The van der Waals surface area contributed by atoms with E-state index in [1.165, 1.54) is 0 Å². The van der Waals surface area contributed by atoms with Gasteiger partial charge in [-0.15, -0.1) is 0 Å². The molecule has 20 heavy (non-hydrogen) atoms. The third kappa shape index (κ3) is 3.25. The van der Waals surface area contributed by atoms with E-state index in [1.807, 2.05) is 30.8 Å². The molecule has 2 atom stereocenters. The molecular formula is C14H22N4O2. The Balaban J connectivity index is 2.09. The zero-order valence-electron chi connectivity index (χ0n) is 12.3. The van der Waals surface area contributed by atoms with E-state index in [0.717, 1.165) is 24.9 Å². The van der Waals surface area contributed by atoms with Gasteiger partial charge in [0.2, 0.25) is 5.95 Å². The Morgan fingerprint density at radius 2 is 2.10 bits per heavy atom. The number of carboxylic acids is 1. The summed E-state index contributed by atoms with van der Waals surface area (Å²) < 4.78 is 0. The molecule has 6 nitrogen and oxygen atoms in total. The first-order valence-corrected chi connectivity index (χ1v) is 6.94. The van der Waals surface area contributed by atoms with Crippen molar-refractivity contribution in [3.63, 3.8) is 0 Å². The number of aliphatic carboxylic acids is 1. The van der Waals surface area contributed by atoms with Crippen LogP contribution < -0.4 is 4.90 Å². The standard InChI is InChI=1S/C14H22N4O2/c1-10-5-4-6-18(12(10)13(19)20)9-11-7-15-14(16-8-11)17(2)3/h7-8,10,12H,4-6,9H2,1-3H3,(H,19,20). The van der Waals surface area contributed by atoms with Crippen LogP contribution >= 0.6 is 0 Å². The zero-order valence-corrected chi connectivity index (χ0v) is 12.3. The lowest BCUT2D eigenvalue weighted by Crippen LogP contribution is -2.48. The quantitative estimate of drug-likeness (QED) is 0.893. The van der Waals surface area contributed by atoms with Crippen LogP contribution in [0.25, 0.3) is 0 Å². The van der Waals surface area contributed by atoms with E-state index < -0.39 is 12.0 Å². The molecule has 110 valence electrons. The first kappa shape index (κ1) is 14.7. The molecule has 2 unspecified atom stereocenters. The van der Waals surface area contributed by atoms with Crippen LogP contribution in [-0.2, 0) is 11.3 Å². The molecule has 1 N–H and O–H groups in total. The average molecular weight is 278 g/mol. The summed E-state index contributed by atoms with van der Waals surface area (Å²) in [5.41, 5.74) is 0.955. The van der Waals surface area contributed by atoms with E-state index in [2.05, 4.69) is 9.97 Å². The fourth-order valence-electron chi connectivity index (χ4n) is 2.75. The molecule has 0 radical (unpaired) electrons. The topological polar surface area (TPSA) is 69.6 Å². The summed E-state index contributed by atoms with van der Waals surface area (Å²) in [7, 11) is 3.78. The third-order valence-corrected chi connectivity index (χ3v) is 3.77. The van der Waals surface area contributed by atoms with Crippen LogP contribution in [0.4, 0.5) is 5.95 Å². The number of carboxylic acid groups (broad SMARTS) is 1. The Morgan fingerprint density at radius 1 is 1.45 bits per heavy atom. The molecule has 2 rings (SSSR count). The van der Waals surface area contributed by atoms with Crippen molar-refractivity contribution in [3.8, 4) is 0 Å². The molecule has 0 spiro atoms. The van der Waals surface area contributed by atoms with Crippen molar-refractivity contribution in [1.29, 1.82) is 0 Å². The Kier molecular flexibility index (Phi) is 4.54. The van der Waals surface area contributed by atoms with Crippen LogP contribution in [0.15, 0.2) is 12.4 Å². The van der Waals surface area contributed by atoms with E-state index in [4.69, 9.17) is 0 Å².